The van der Waals surface area contributed by atoms with Crippen molar-refractivity contribution in [1.82, 2.24) is 20.2 Å². The van der Waals surface area contributed by atoms with Gasteiger partial charge in [0, 0.05) is 25.0 Å². The van der Waals surface area contributed by atoms with Gasteiger partial charge in [-0.3, -0.25) is 9.59 Å². The van der Waals surface area contributed by atoms with Gasteiger partial charge in [-0.15, -0.1) is 0 Å². The van der Waals surface area contributed by atoms with E-state index in [9.17, 15) is 9.59 Å². The number of amides is 2. The molecular weight excluding hydrogens is 452 g/mol. The van der Waals surface area contributed by atoms with Gasteiger partial charge in [-0.1, -0.05) is 48.5 Å². The number of para-hydroxylation sites is 2. The SMILES string of the molecule is Cc1cc2c(C(=O)NC(CCNC(=O)c3nc4ccccc4n3C)Cc3ccccc3)cccc2o1. The van der Waals surface area contributed by atoms with Crippen LogP contribution in [0.2, 0.25) is 0 Å². The number of furan rings is 1. The minimum atomic E-state index is -0.239. The number of fused-ring (bicyclic) bond motifs is 2. The van der Waals surface area contributed by atoms with Gasteiger partial charge in [0.2, 0.25) is 0 Å². The Hall–Kier alpha value is -4.39. The van der Waals surface area contributed by atoms with Crippen LogP contribution < -0.4 is 10.6 Å². The highest BCUT2D eigenvalue weighted by Gasteiger charge is 2.19. The molecule has 2 aromatic heterocycles. The second-order valence-corrected chi connectivity index (χ2v) is 8.96. The fourth-order valence-corrected chi connectivity index (χ4v) is 4.56. The average Bonchev–Trinajstić information content (AvgIpc) is 3.43. The zero-order valence-electron chi connectivity index (χ0n) is 20.3. The molecule has 0 radical (unpaired) electrons. The van der Waals surface area contributed by atoms with Crippen molar-refractivity contribution >= 4 is 33.8 Å². The molecule has 0 bridgehead atoms. The third-order valence-electron chi connectivity index (χ3n) is 6.36. The lowest BCUT2D eigenvalue weighted by molar-refractivity contribution is 0.0932. The molecule has 0 saturated heterocycles. The fourth-order valence-electron chi connectivity index (χ4n) is 4.56. The van der Waals surface area contributed by atoms with Crippen molar-refractivity contribution in [2.75, 3.05) is 6.54 Å². The Morgan fingerprint density at radius 3 is 2.56 bits per heavy atom. The van der Waals surface area contributed by atoms with Gasteiger partial charge in [-0.05, 0) is 55.7 Å². The summed E-state index contributed by atoms with van der Waals surface area (Å²) in [5.41, 5.74) is 4.06. The topological polar surface area (TPSA) is 89.2 Å². The normalized spacial score (nSPS) is 12.1. The van der Waals surface area contributed by atoms with Crippen LogP contribution in [0.15, 0.2) is 83.3 Å². The molecule has 5 rings (SSSR count). The predicted molar refractivity (Wildman–Crippen MR) is 140 cm³/mol. The molecular formula is C29H28N4O3. The molecule has 7 nitrogen and oxygen atoms in total. The summed E-state index contributed by atoms with van der Waals surface area (Å²) in [6, 6.07) is 24.9. The molecule has 36 heavy (non-hydrogen) atoms. The molecule has 0 fully saturated rings. The van der Waals surface area contributed by atoms with Crippen molar-refractivity contribution in [3.63, 3.8) is 0 Å². The number of nitrogens with one attached hydrogen (secondary N) is 2. The van der Waals surface area contributed by atoms with E-state index in [1.165, 1.54) is 0 Å². The van der Waals surface area contributed by atoms with Crippen LogP contribution >= 0.6 is 0 Å². The smallest absolute Gasteiger partial charge is 0.287 e. The molecule has 0 aliphatic heterocycles. The van der Waals surface area contributed by atoms with Crippen LogP contribution in [0.1, 0.15) is 38.7 Å². The first-order valence-corrected chi connectivity index (χ1v) is 12.0. The highest BCUT2D eigenvalue weighted by molar-refractivity contribution is 6.06. The predicted octanol–water partition coefficient (Wildman–Crippen LogP) is 4.79. The van der Waals surface area contributed by atoms with E-state index < -0.39 is 0 Å². The Labute approximate surface area is 209 Å². The summed E-state index contributed by atoms with van der Waals surface area (Å²) in [5, 5.41) is 6.94. The van der Waals surface area contributed by atoms with Crippen molar-refractivity contribution in [3.8, 4) is 0 Å². The maximum Gasteiger partial charge on any atom is 0.287 e. The van der Waals surface area contributed by atoms with Crippen molar-refractivity contribution < 1.29 is 14.0 Å². The first-order chi connectivity index (χ1) is 17.5. The highest BCUT2D eigenvalue weighted by atomic mass is 16.3. The summed E-state index contributed by atoms with van der Waals surface area (Å²) in [6.45, 7) is 2.27. The molecule has 2 heterocycles. The van der Waals surface area contributed by atoms with Crippen LogP contribution in [0.5, 0.6) is 0 Å². The Morgan fingerprint density at radius 1 is 0.972 bits per heavy atom. The van der Waals surface area contributed by atoms with E-state index in [-0.39, 0.29) is 17.9 Å². The Balaban J connectivity index is 1.30. The summed E-state index contributed by atoms with van der Waals surface area (Å²) in [4.78, 5) is 30.6. The number of imidazole rings is 1. The van der Waals surface area contributed by atoms with Crippen LogP contribution in [0.25, 0.3) is 22.0 Å². The number of benzene rings is 3. The van der Waals surface area contributed by atoms with Crippen molar-refractivity contribution in [3.05, 3.63) is 102 Å². The quantitative estimate of drug-likeness (QED) is 0.334. The van der Waals surface area contributed by atoms with Gasteiger partial charge in [0.25, 0.3) is 11.8 Å². The van der Waals surface area contributed by atoms with Crippen LogP contribution in [0, 0.1) is 6.92 Å². The third kappa shape index (κ3) is 4.86. The van der Waals surface area contributed by atoms with E-state index in [1.807, 2.05) is 86.8 Å². The molecule has 0 aliphatic carbocycles. The maximum absolute atomic E-state index is 13.3. The van der Waals surface area contributed by atoms with Crippen LogP contribution in [0.3, 0.4) is 0 Å². The Bertz CT molecular complexity index is 1530. The van der Waals surface area contributed by atoms with E-state index in [0.717, 1.165) is 27.7 Å². The molecule has 1 atom stereocenters. The summed E-state index contributed by atoms with van der Waals surface area (Å²) >= 11 is 0. The molecule has 182 valence electrons. The Kier molecular flexibility index (Phi) is 6.54. The minimum absolute atomic E-state index is 0.163. The second-order valence-electron chi connectivity index (χ2n) is 8.96. The van der Waals surface area contributed by atoms with E-state index in [2.05, 4.69) is 15.6 Å². The number of aryl methyl sites for hydroxylation is 2. The number of rotatable bonds is 8. The molecule has 7 heteroatoms. The number of hydrogen-bond donors (Lipinski definition) is 2. The lowest BCUT2D eigenvalue weighted by Crippen LogP contribution is -2.39. The van der Waals surface area contributed by atoms with Crippen molar-refractivity contribution in [2.24, 2.45) is 7.05 Å². The molecule has 0 spiro atoms. The zero-order valence-corrected chi connectivity index (χ0v) is 20.3. The van der Waals surface area contributed by atoms with Crippen molar-refractivity contribution in [2.45, 2.75) is 25.8 Å². The zero-order chi connectivity index (χ0) is 25.1. The summed E-state index contributed by atoms with van der Waals surface area (Å²) < 4.78 is 7.48. The second kappa shape index (κ2) is 10.1. The minimum Gasteiger partial charge on any atom is -0.461 e. The number of aromatic nitrogens is 2. The van der Waals surface area contributed by atoms with Gasteiger partial charge in [-0.25, -0.2) is 4.98 Å². The lowest BCUT2D eigenvalue weighted by Gasteiger charge is -2.20. The van der Waals surface area contributed by atoms with Gasteiger partial charge in [0.15, 0.2) is 5.82 Å². The summed E-state index contributed by atoms with van der Waals surface area (Å²) in [5.74, 6) is 0.721. The molecule has 1 unspecified atom stereocenters. The van der Waals surface area contributed by atoms with Gasteiger partial charge < -0.3 is 19.6 Å². The van der Waals surface area contributed by atoms with Crippen LogP contribution in [-0.4, -0.2) is 34.0 Å². The summed E-state index contributed by atoms with van der Waals surface area (Å²) in [6.07, 6.45) is 1.21. The van der Waals surface area contributed by atoms with E-state index in [1.54, 1.807) is 10.6 Å². The first-order valence-electron chi connectivity index (χ1n) is 12.0. The lowest BCUT2D eigenvalue weighted by atomic mass is 10.0. The van der Waals surface area contributed by atoms with Crippen molar-refractivity contribution in [1.29, 1.82) is 0 Å². The fraction of sp³-hybridized carbons (Fsp3) is 0.207. The van der Waals surface area contributed by atoms with Gasteiger partial charge in [0.1, 0.15) is 11.3 Å². The maximum atomic E-state index is 13.3. The standard InChI is InChI=1S/C29H28N4O3/c1-19-17-23-22(11-8-14-26(23)36-19)28(34)31-21(18-20-9-4-3-5-10-20)15-16-30-29(35)27-32-24-12-6-7-13-25(24)33(27)2/h3-14,17,21H,15-16,18H2,1-2H3,(H,30,35)(H,31,34). The molecule has 2 N–H and O–H groups in total. The first kappa shape index (κ1) is 23.4. The van der Waals surface area contributed by atoms with Gasteiger partial charge >= 0.3 is 0 Å². The van der Waals surface area contributed by atoms with E-state index in [4.69, 9.17) is 4.42 Å². The average molecular weight is 481 g/mol. The van der Waals surface area contributed by atoms with Gasteiger partial charge in [0.05, 0.1) is 16.6 Å². The molecule has 0 saturated carbocycles. The third-order valence-corrected chi connectivity index (χ3v) is 6.36. The highest BCUT2D eigenvalue weighted by Crippen LogP contribution is 2.23. The van der Waals surface area contributed by atoms with Crippen LogP contribution in [-0.2, 0) is 13.5 Å². The molecule has 3 aromatic carbocycles. The Morgan fingerprint density at radius 2 is 1.75 bits per heavy atom. The van der Waals surface area contributed by atoms with Gasteiger partial charge in [-0.2, -0.15) is 0 Å². The van der Waals surface area contributed by atoms with E-state index in [0.29, 0.717) is 36.4 Å². The largest absolute Gasteiger partial charge is 0.461 e. The number of carbonyl (C=O) groups is 2. The molecule has 0 aliphatic rings. The number of carbonyl (C=O) groups excluding carboxylic acids is 2. The van der Waals surface area contributed by atoms with Crippen LogP contribution in [0.4, 0.5) is 0 Å². The number of hydrogen-bond acceptors (Lipinski definition) is 4. The number of nitrogens with zero attached hydrogens (tertiary/aromatic N) is 2. The summed E-state index contributed by atoms with van der Waals surface area (Å²) in [7, 11) is 1.83. The molecule has 2 amide bonds. The van der Waals surface area contributed by atoms with E-state index >= 15 is 0 Å². The monoisotopic (exact) mass is 480 g/mol. The molecule has 5 aromatic rings.